The van der Waals surface area contributed by atoms with E-state index in [9.17, 15) is 5.11 Å². The Morgan fingerprint density at radius 3 is 2.95 bits per heavy atom. The molecule has 3 N–H and O–H groups in total. The van der Waals surface area contributed by atoms with Crippen LogP contribution < -0.4 is 15.4 Å². The summed E-state index contributed by atoms with van der Waals surface area (Å²) in [6, 6.07) is 5.78. The summed E-state index contributed by atoms with van der Waals surface area (Å²) in [6.07, 6.45) is -0.0455. The Kier molecular flexibility index (Phi) is 4.50. The van der Waals surface area contributed by atoms with Gasteiger partial charge in [-0.3, -0.25) is 0 Å². The van der Waals surface area contributed by atoms with Gasteiger partial charge < -0.3 is 25.2 Å². The Labute approximate surface area is 113 Å². The fourth-order valence-electron chi connectivity index (χ4n) is 2.36. The average molecular weight is 266 g/mol. The maximum Gasteiger partial charge on any atom is 0.144 e. The molecule has 1 aromatic rings. The molecule has 0 aromatic heterocycles. The van der Waals surface area contributed by atoms with Crippen LogP contribution in [0.3, 0.4) is 0 Å². The van der Waals surface area contributed by atoms with Crippen molar-refractivity contribution in [2.24, 2.45) is 0 Å². The highest BCUT2D eigenvalue weighted by Crippen LogP contribution is 2.29. The van der Waals surface area contributed by atoms with Crippen LogP contribution in [-0.2, 0) is 4.74 Å². The van der Waals surface area contributed by atoms with Gasteiger partial charge in [-0.05, 0) is 26.0 Å². The quantitative estimate of drug-likeness (QED) is 0.803. The lowest BCUT2D eigenvalue weighted by molar-refractivity contribution is -0.0421. The first-order chi connectivity index (χ1) is 9.13. The van der Waals surface area contributed by atoms with Gasteiger partial charge in [0.15, 0.2) is 0 Å². The molecule has 0 spiro atoms. The fraction of sp³-hybridized carbons (Fsp3) is 0.571. The van der Waals surface area contributed by atoms with Gasteiger partial charge in [-0.15, -0.1) is 0 Å². The molecule has 19 heavy (non-hydrogen) atoms. The van der Waals surface area contributed by atoms with E-state index in [4.69, 9.17) is 15.2 Å². The van der Waals surface area contributed by atoms with Crippen LogP contribution in [0.4, 0.5) is 11.4 Å². The number of morpholine rings is 1. The third-order valence-corrected chi connectivity index (χ3v) is 3.19. The van der Waals surface area contributed by atoms with Crippen LogP contribution in [-0.4, -0.2) is 43.6 Å². The first kappa shape index (κ1) is 14.0. The van der Waals surface area contributed by atoms with Crippen LogP contribution in [0.1, 0.15) is 13.8 Å². The Morgan fingerprint density at radius 2 is 2.26 bits per heavy atom. The zero-order chi connectivity index (χ0) is 13.8. The smallest absolute Gasteiger partial charge is 0.144 e. The summed E-state index contributed by atoms with van der Waals surface area (Å²) in [7, 11) is 0. The molecule has 1 saturated heterocycles. The summed E-state index contributed by atoms with van der Waals surface area (Å²) in [5.74, 6) is 0.708. The number of nitrogen functional groups attached to an aromatic ring is 1. The number of ether oxygens (including phenoxy) is 2. The SMILES string of the molecule is CCOc1cc(N2CC(C)OC(CO)C2)ccc1N. The van der Waals surface area contributed by atoms with Gasteiger partial charge in [0.1, 0.15) is 5.75 Å². The van der Waals surface area contributed by atoms with E-state index in [1.165, 1.54) is 0 Å². The summed E-state index contributed by atoms with van der Waals surface area (Å²) in [5.41, 5.74) is 7.57. The molecule has 1 aliphatic rings. The number of aliphatic hydroxyl groups is 1. The van der Waals surface area contributed by atoms with E-state index in [1.54, 1.807) is 0 Å². The van der Waals surface area contributed by atoms with Crippen molar-refractivity contribution < 1.29 is 14.6 Å². The standard InChI is InChI=1S/C14H22N2O3/c1-3-18-14-6-11(4-5-13(14)15)16-7-10(2)19-12(8-16)9-17/h4-6,10,12,17H,3,7-9,15H2,1-2H3. The average Bonchev–Trinajstić information content (AvgIpc) is 2.40. The van der Waals surface area contributed by atoms with Crippen molar-refractivity contribution in [2.75, 3.05) is 36.9 Å². The second-order valence-corrected chi connectivity index (χ2v) is 4.81. The lowest BCUT2D eigenvalue weighted by atomic mass is 10.1. The zero-order valence-corrected chi connectivity index (χ0v) is 11.5. The van der Waals surface area contributed by atoms with Gasteiger partial charge >= 0.3 is 0 Å². The maximum atomic E-state index is 9.26. The zero-order valence-electron chi connectivity index (χ0n) is 11.5. The van der Waals surface area contributed by atoms with Crippen molar-refractivity contribution >= 4 is 11.4 Å². The lowest BCUT2D eigenvalue weighted by Gasteiger charge is -2.37. The minimum Gasteiger partial charge on any atom is -0.492 e. The molecular weight excluding hydrogens is 244 g/mol. The van der Waals surface area contributed by atoms with Gasteiger partial charge in [0.25, 0.3) is 0 Å². The number of anilines is 2. The monoisotopic (exact) mass is 266 g/mol. The number of nitrogens with zero attached hydrogens (tertiary/aromatic N) is 1. The lowest BCUT2D eigenvalue weighted by Crippen LogP contribution is -2.48. The molecule has 2 unspecified atom stereocenters. The second kappa shape index (κ2) is 6.12. The van der Waals surface area contributed by atoms with Crippen LogP contribution in [0.5, 0.6) is 5.75 Å². The third-order valence-electron chi connectivity index (χ3n) is 3.19. The molecule has 5 nitrogen and oxygen atoms in total. The van der Waals surface area contributed by atoms with Crippen LogP contribution in [0, 0.1) is 0 Å². The van der Waals surface area contributed by atoms with Gasteiger partial charge in [-0.1, -0.05) is 0 Å². The molecule has 1 aliphatic heterocycles. The minimum absolute atomic E-state index is 0.0358. The number of rotatable bonds is 4. The van der Waals surface area contributed by atoms with E-state index >= 15 is 0 Å². The Balaban J connectivity index is 2.18. The van der Waals surface area contributed by atoms with E-state index < -0.39 is 0 Å². The predicted molar refractivity (Wildman–Crippen MR) is 75.7 cm³/mol. The summed E-state index contributed by atoms with van der Waals surface area (Å²) in [5, 5.41) is 9.26. The van der Waals surface area contributed by atoms with Gasteiger partial charge in [-0.25, -0.2) is 0 Å². The molecule has 0 radical (unpaired) electrons. The number of nitrogens with two attached hydrogens (primary N) is 1. The van der Waals surface area contributed by atoms with E-state index in [-0.39, 0.29) is 18.8 Å². The normalized spacial score (nSPS) is 23.4. The van der Waals surface area contributed by atoms with Crippen molar-refractivity contribution in [3.63, 3.8) is 0 Å². The summed E-state index contributed by atoms with van der Waals surface area (Å²) < 4.78 is 11.2. The molecular formula is C14H22N2O3. The minimum atomic E-state index is -0.142. The number of hydrogen-bond acceptors (Lipinski definition) is 5. The second-order valence-electron chi connectivity index (χ2n) is 4.81. The first-order valence-corrected chi connectivity index (χ1v) is 6.67. The molecule has 1 fully saturated rings. The molecule has 0 saturated carbocycles. The molecule has 0 bridgehead atoms. The van der Waals surface area contributed by atoms with Crippen LogP contribution in [0.15, 0.2) is 18.2 Å². The van der Waals surface area contributed by atoms with E-state index in [1.807, 2.05) is 32.0 Å². The van der Waals surface area contributed by atoms with Crippen molar-refractivity contribution in [3.05, 3.63) is 18.2 Å². The Morgan fingerprint density at radius 1 is 1.47 bits per heavy atom. The summed E-state index contributed by atoms with van der Waals surface area (Å²) in [6.45, 7) is 6.04. The maximum absolute atomic E-state index is 9.26. The number of benzene rings is 1. The number of hydrogen-bond donors (Lipinski definition) is 2. The molecule has 5 heteroatoms. The third kappa shape index (κ3) is 3.30. The molecule has 106 valence electrons. The van der Waals surface area contributed by atoms with Crippen molar-refractivity contribution in [1.29, 1.82) is 0 Å². The largest absolute Gasteiger partial charge is 0.492 e. The van der Waals surface area contributed by atoms with E-state index in [2.05, 4.69) is 4.90 Å². The topological polar surface area (TPSA) is 68.0 Å². The molecule has 0 amide bonds. The van der Waals surface area contributed by atoms with Crippen molar-refractivity contribution in [1.82, 2.24) is 0 Å². The van der Waals surface area contributed by atoms with Crippen LogP contribution in [0.2, 0.25) is 0 Å². The van der Waals surface area contributed by atoms with Crippen LogP contribution in [0.25, 0.3) is 0 Å². The summed E-state index contributed by atoms with van der Waals surface area (Å²) in [4.78, 5) is 2.19. The fourth-order valence-corrected chi connectivity index (χ4v) is 2.36. The predicted octanol–water partition coefficient (Wildman–Crippen LogP) is 1.25. The summed E-state index contributed by atoms with van der Waals surface area (Å²) >= 11 is 0. The highest BCUT2D eigenvalue weighted by Gasteiger charge is 2.25. The Hall–Kier alpha value is -1.46. The van der Waals surface area contributed by atoms with Crippen LogP contribution >= 0.6 is 0 Å². The van der Waals surface area contributed by atoms with Crippen molar-refractivity contribution in [3.8, 4) is 5.75 Å². The number of aliphatic hydroxyl groups excluding tert-OH is 1. The van der Waals surface area contributed by atoms with Gasteiger partial charge in [0, 0.05) is 24.8 Å². The molecule has 1 heterocycles. The van der Waals surface area contributed by atoms with Crippen molar-refractivity contribution in [2.45, 2.75) is 26.1 Å². The van der Waals surface area contributed by atoms with Gasteiger partial charge in [0.05, 0.1) is 31.1 Å². The molecule has 1 aromatic carbocycles. The molecule has 2 rings (SSSR count). The highest BCUT2D eigenvalue weighted by molar-refractivity contribution is 5.62. The molecule has 0 aliphatic carbocycles. The van der Waals surface area contributed by atoms with E-state index in [0.29, 0.717) is 24.6 Å². The van der Waals surface area contributed by atoms with Gasteiger partial charge in [0.2, 0.25) is 0 Å². The molecule has 2 atom stereocenters. The van der Waals surface area contributed by atoms with Gasteiger partial charge in [-0.2, -0.15) is 0 Å². The highest BCUT2D eigenvalue weighted by atomic mass is 16.5. The van der Waals surface area contributed by atoms with E-state index in [0.717, 1.165) is 12.2 Å². The first-order valence-electron chi connectivity index (χ1n) is 6.67. The Bertz CT molecular complexity index is 425.